The van der Waals surface area contributed by atoms with Gasteiger partial charge in [0.25, 0.3) is 0 Å². The Hall–Kier alpha value is -1.99. The number of hydrogen-bond acceptors (Lipinski definition) is 10. The Morgan fingerprint density at radius 3 is 2.67 bits per heavy atom. The number of halogens is 1. The summed E-state index contributed by atoms with van der Waals surface area (Å²) in [5.41, 5.74) is 6.52. The van der Waals surface area contributed by atoms with Gasteiger partial charge in [0.15, 0.2) is 17.7 Å². The van der Waals surface area contributed by atoms with Crippen molar-refractivity contribution < 1.29 is 19.8 Å². The molecule has 2 saturated heterocycles. The van der Waals surface area contributed by atoms with Gasteiger partial charge in [-0.1, -0.05) is 18.2 Å². The van der Waals surface area contributed by atoms with Gasteiger partial charge in [-0.3, -0.25) is 9.40 Å². The van der Waals surface area contributed by atoms with Crippen molar-refractivity contribution in [2.24, 2.45) is 0 Å². The molecular weight excluding hydrogens is 468 g/mol. The number of nitrogens with zero attached hydrogens (tertiary/aromatic N) is 5. The summed E-state index contributed by atoms with van der Waals surface area (Å²) in [5.74, 6) is 0.130. The third-order valence-corrected chi connectivity index (χ3v) is 7.42. The normalized spacial score (nSPS) is 26.9. The van der Waals surface area contributed by atoms with Crippen LogP contribution in [0.3, 0.4) is 0 Å². The first-order valence-electron chi connectivity index (χ1n) is 10.8. The van der Waals surface area contributed by atoms with E-state index in [-0.39, 0.29) is 17.7 Å². The minimum Gasteiger partial charge on any atom is -0.387 e. The van der Waals surface area contributed by atoms with Crippen molar-refractivity contribution in [1.82, 2.24) is 24.6 Å². The van der Waals surface area contributed by atoms with Crippen LogP contribution >= 0.6 is 23.4 Å². The van der Waals surface area contributed by atoms with E-state index < -0.39 is 24.5 Å². The van der Waals surface area contributed by atoms with E-state index in [2.05, 4.69) is 39.2 Å². The first kappa shape index (κ1) is 22.8. The number of aromatic nitrogens is 4. The highest BCUT2D eigenvalue weighted by Gasteiger charge is 2.45. The van der Waals surface area contributed by atoms with E-state index in [1.54, 1.807) is 0 Å². The second-order valence-corrected chi connectivity index (χ2v) is 9.82. The van der Waals surface area contributed by atoms with Crippen LogP contribution < -0.4 is 5.73 Å². The van der Waals surface area contributed by atoms with Gasteiger partial charge in [-0.2, -0.15) is 15.0 Å². The Labute approximate surface area is 199 Å². The van der Waals surface area contributed by atoms with Gasteiger partial charge in [-0.25, -0.2) is 4.98 Å². The van der Waals surface area contributed by atoms with E-state index in [4.69, 9.17) is 26.9 Å². The predicted octanol–water partition coefficient (Wildman–Crippen LogP) is 1.87. The van der Waals surface area contributed by atoms with Crippen LogP contribution in [0.5, 0.6) is 0 Å². The number of benzene rings is 1. The maximum Gasteiger partial charge on any atom is 0.226 e. The predicted molar refractivity (Wildman–Crippen MR) is 124 cm³/mol. The summed E-state index contributed by atoms with van der Waals surface area (Å²) in [6.45, 7) is 1.70. The highest BCUT2D eigenvalue weighted by molar-refractivity contribution is 8.00. The summed E-state index contributed by atoms with van der Waals surface area (Å²) in [7, 11) is 0. The van der Waals surface area contributed by atoms with Crippen molar-refractivity contribution in [3.8, 4) is 0 Å². The van der Waals surface area contributed by atoms with Crippen LogP contribution in [0, 0.1) is 0 Å². The van der Waals surface area contributed by atoms with Crippen LogP contribution in [0.4, 0.5) is 5.82 Å². The molecule has 33 heavy (non-hydrogen) atoms. The quantitative estimate of drug-likeness (QED) is 0.438. The van der Waals surface area contributed by atoms with Gasteiger partial charge < -0.3 is 20.7 Å². The maximum atomic E-state index is 10.6. The number of rotatable bonds is 6. The second kappa shape index (κ2) is 9.71. The Kier molecular flexibility index (Phi) is 6.70. The molecule has 4 heterocycles. The number of nitrogen functional groups attached to an aromatic ring is 1. The lowest BCUT2D eigenvalue weighted by Gasteiger charge is -2.31. The van der Waals surface area contributed by atoms with E-state index in [9.17, 15) is 10.2 Å². The lowest BCUT2D eigenvalue weighted by Crippen LogP contribution is -2.39. The standard InChI is InChI=1S/C21H25ClN6O4S/c22-21-25-18(23)15-19(26-21)28(11-24-15)20-17(30)16(29)14(32-20)10-31-27-8-6-13(7-9-27)33-12-4-2-1-3-5-12/h1-5,11,13-14,16-17,20,29-30H,6-10H2,(H2,23,25,26)/t14-,16-,17-,20-/m1/s1. The van der Waals surface area contributed by atoms with Gasteiger partial charge in [0.2, 0.25) is 5.28 Å². The van der Waals surface area contributed by atoms with Crippen molar-refractivity contribution in [1.29, 1.82) is 0 Å². The molecule has 0 aliphatic carbocycles. The highest BCUT2D eigenvalue weighted by atomic mass is 35.5. The number of anilines is 1. The monoisotopic (exact) mass is 492 g/mol. The molecule has 2 aliphatic heterocycles. The summed E-state index contributed by atoms with van der Waals surface area (Å²) in [6, 6.07) is 10.4. The molecule has 2 aromatic heterocycles. The van der Waals surface area contributed by atoms with Crippen molar-refractivity contribution in [2.75, 3.05) is 25.4 Å². The van der Waals surface area contributed by atoms with Crippen LogP contribution in [0.15, 0.2) is 41.6 Å². The number of thioether (sulfide) groups is 1. The first-order chi connectivity index (χ1) is 16.0. The van der Waals surface area contributed by atoms with Crippen molar-refractivity contribution in [3.63, 3.8) is 0 Å². The number of piperidine rings is 1. The van der Waals surface area contributed by atoms with Crippen LogP contribution in [-0.4, -0.2) is 78.1 Å². The zero-order chi connectivity index (χ0) is 22.9. The molecule has 3 aromatic rings. The molecule has 4 atom stereocenters. The third-order valence-electron chi connectivity index (χ3n) is 5.90. The molecule has 1 aromatic carbocycles. The van der Waals surface area contributed by atoms with Gasteiger partial charge in [-0.05, 0) is 36.6 Å². The molecule has 176 valence electrons. The SMILES string of the molecule is Nc1nc(Cl)nc2c1ncn2[C@@H]1O[C@H](CON2CCC(Sc3ccccc3)CC2)[C@@H](O)[C@H]1O. The molecule has 10 nitrogen and oxygen atoms in total. The van der Waals surface area contributed by atoms with Crippen LogP contribution in [-0.2, 0) is 9.57 Å². The molecule has 2 fully saturated rings. The smallest absolute Gasteiger partial charge is 0.226 e. The fourth-order valence-electron chi connectivity index (χ4n) is 4.14. The maximum absolute atomic E-state index is 10.6. The molecule has 0 spiro atoms. The molecule has 0 amide bonds. The fourth-order valence-corrected chi connectivity index (χ4v) is 5.46. The average molecular weight is 493 g/mol. The van der Waals surface area contributed by atoms with E-state index >= 15 is 0 Å². The van der Waals surface area contributed by atoms with Crippen molar-refractivity contribution in [2.45, 2.75) is 47.5 Å². The first-order valence-corrected chi connectivity index (χ1v) is 12.0. The minimum atomic E-state index is -1.20. The molecule has 0 saturated carbocycles. The van der Waals surface area contributed by atoms with Gasteiger partial charge >= 0.3 is 0 Å². The fraction of sp³-hybridized carbons (Fsp3) is 0.476. The molecule has 12 heteroatoms. The zero-order valence-electron chi connectivity index (χ0n) is 17.7. The molecule has 2 aliphatic rings. The zero-order valence-corrected chi connectivity index (χ0v) is 19.3. The molecule has 0 bridgehead atoms. The van der Waals surface area contributed by atoms with Gasteiger partial charge in [0, 0.05) is 23.2 Å². The Morgan fingerprint density at radius 1 is 1.15 bits per heavy atom. The van der Waals surface area contributed by atoms with Crippen molar-refractivity contribution in [3.05, 3.63) is 41.9 Å². The summed E-state index contributed by atoms with van der Waals surface area (Å²) in [4.78, 5) is 19.4. The van der Waals surface area contributed by atoms with Gasteiger partial charge in [0.1, 0.15) is 23.8 Å². The summed E-state index contributed by atoms with van der Waals surface area (Å²) < 4.78 is 7.43. The number of ether oxygens (including phenoxy) is 1. The average Bonchev–Trinajstić information content (AvgIpc) is 3.35. The Bertz CT molecular complexity index is 1100. The summed E-state index contributed by atoms with van der Waals surface area (Å²) in [6.07, 6.45) is -0.507. The highest BCUT2D eigenvalue weighted by Crippen LogP contribution is 2.34. The number of aliphatic hydroxyl groups is 2. The Morgan fingerprint density at radius 2 is 1.91 bits per heavy atom. The van der Waals surface area contributed by atoms with E-state index in [0.717, 1.165) is 25.9 Å². The summed E-state index contributed by atoms with van der Waals surface area (Å²) >= 11 is 7.82. The number of aliphatic hydroxyl groups excluding tert-OH is 2. The van der Waals surface area contributed by atoms with Gasteiger partial charge in [-0.15, -0.1) is 11.8 Å². The number of fused-ring (bicyclic) bond motifs is 1. The Balaban J connectivity index is 1.17. The minimum absolute atomic E-state index is 0.0384. The molecule has 0 radical (unpaired) electrons. The van der Waals surface area contributed by atoms with Crippen molar-refractivity contribution >= 4 is 40.3 Å². The number of nitrogens with two attached hydrogens (primary N) is 1. The number of imidazole rings is 1. The molecular formula is C21H25ClN6O4S. The van der Waals surface area contributed by atoms with Crippen LogP contribution in [0.25, 0.3) is 11.2 Å². The van der Waals surface area contributed by atoms with E-state index in [0.29, 0.717) is 16.4 Å². The molecule has 0 unspecified atom stereocenters. The summed E-state index contributed by atoms with van der Waals surface area (Å²) in [5, 5.41) is 23.6. The lowest BCUT2D eigenvalue weighted by atomic mass is 10.1. The van der Waals surface area contributed by atoms with Crippen LogP contribution in [0.1, 0.15) is 19.1 Å². The van der Waals surface area contributed by atoms with Crippen LogP contribution in [0.2, 0.25) is 5.28 Å². The number of hydroxylamine groups is 2. The van der Waals surface area contributed by atoms with Gasteiger partial charge in [0.05, 0.1) is 12.9 Å². The second-order valence-electron chi connectivity index (χ2n) is 8.10. The lowest BCUT2D eigenvalue weighted by molar-refractivity contribution is -0.199. The molecule has 4 N–H and O–H groups in total. The topological polar surface area (TPSA) is 132 Å². The number of hydrogen-bond donors (Lipinski definition) is 3. The largest absolute Gasteiger partial charge is 0.387 e. The van der Waals surface area contributed by atoms with E-state index in [1.807, 2.05) is 22.9 Å². The van der Waals surface area contributed by atoms with E-state index in [1.165, 1.54) is 15.8 Å². The third kappa shape index (κ3) is 4.80. The molecule has 5 rings (SSSR count).